The fraction of sp³-hybridized carbons (Fsp3) is 0.100. The molecule has 1 rings (SSSR count). The minimum absolute atomic E-state index is 0.447. The van der Waals surface area contributed by atoms with E-state index < -0.39 is 11.9 Å². The van der Waals surface area contributed by atoms with Crippen LogP contribution < -0.4 is 9.67 Å². The van der Waals surface area contributed by atoms with Crippen LogP contribution in [0.5, 0.6) is 0 Å². The highest BCUT2D eigenvalue weighted by molar-refractivity contribution is 5.88. The van der Waals surface area contributed by atoms with Crippen molar-refractivity contribution in [1.82, 2.24) is 0 Å². The number of rotatable bonds is 2. The second kappa shape index (κ2) is 7.25. The van der Waals surface area contributed by atoms with Crippen LogP contribution in [0.3, 0.4) is 0 Å². The van der Waals surface area contributed by atoms with E-state index in [1.807, 2.05) is 42.2 Å². The number of hydrogen-bond donors (Lipinski definition) is 1. The van der Waals surface area contributed by atoms with Crippen molar-refractivity contribution in [3.63, 3.8) is 0 Å². The van der Waals surface area contributed by atoms with Gasteiger partial charge >= 0.3 is 5.97 Å². The van der Waals surface area contributed by atoms with E-state index in [2.05, 4.69) is 0 Å². The molecule has 15 heavy (non-hydrogen) atoms. The molecule has 0 aromatic carbocycles. The minimum Gasteiger partial charge on any atom is -0.545 e. The lowest BCUT2D eigenvalue weighted by molar-refractivity contribution is -0.671. The minimum atomic E-state index is -1.51. The Kier molecular flexibility index (Phi) is 6.20. The molecule has 1 aromatic rings. The van der Waals surface area contributed by atoms with Crippen molar-refractivity contribution in [2.45, 2.75) is 0 Å². The van der Waals surface area contributed by atoms with Crippen LogP contribution in [0.1, 0.15) is 0 Å². The van der Waals surface area contributed by atoms with Gasteiger partial charge in [-0.3, -0.25) is 0 Å². The number of hydrogen-bond acceptors (Lipinski definition) is 3. The molecule has 1 aromatic heterocycles. The highest BCUT2D eigenvalue weighted by Gasteiger charge is 1.81. The van der Waals surface area contributed by atoms with Crippen molar-refractivity contribution in [3.8, 4) is 0 Å². The lowest BCUT2D eigenvalue weighted by Gasteiger charge is -1.85. The largest absolute Gasteiger partial charge is 0.545 e. The van der Waals surface area contributed by atoms with Gasteiger partial charge in [0.25, 0.3) is 0 Å². The van der Waals surface area contributed by atoms with Crippen LogP contribution in [0, 0.1) is 0 Å². The van der Waals surface area contributed by atoms with Gasteiger partial charge in [0.2, 0.25) is 0 Å². The Morgan fingerprint density at radius 2 is 1.73 bits per heavy atom. The van der Waals surface area contributed by atoms with Crippen LogP contribution in [0.2, 0.25) is 0 Å². The Bertz CT molecular complexity index is 330. The van der Waals surface area contributed by atoms with Gasteiger partial charge in [0.05, 0.1) is 5.97 Å². The van der Waals surface area contributed by atoms with Crippen LogP contribution in [-0.4, -0.2) is 17.0 Å². The molecule has 0 bridgehead atoms. The van der Waals surface area contributed by atoms with Gasteiger partial charge in [0.1, 0.15) is 7.05 Å². The van der Waals surface area contributed by atoms with Gasteiger partial charge in [-0.25, -0.2) is 9.36 Å². The third kappa shape index (κ3) is 9.75. The summed E-state index contributed by atoms with van der Waals surface area (Å²) in [7, 11) is 2.00. The molecule has 0 saturated heterocycles. The summed E-state index contributed by atoms with van der Waals surface area (Å²) < 4.78 is 2.00. The summed E-state index contributed by atoms with van der Waals surface area (Å²) >= 11 is 0. The zero-order chi connectivity index (χ0) is 11.7. The normalized spacial score (nSPS) is 9.13. The van der Waals surface area contributed by atoms with E-state index in [4.69, 9.17) is 5.11 Å². The zero-order valence-electron chi connectivity index (χ0n) is 8.16. The Balaban J connectivity index is 0.000000262. The third-order valence-corrected chi connectivity index (χ3v) is 1.23. The van der Waals surface area contributed by atoms with Crippen LogP contribution in [0.4, 0.5) is 0 Å². The summed E-state index contributed by atoms with van der Waals surface area (Å²) in [5.41, 5.74) is 0. The number of aromatic nitrogens is 1. The fourth-order valence-corrected chi connectivity index (χ4v) is 0.624. The molecule has 0 fully saturated rings. The van der Waals surface area contributed by atoms with E-state index >= 15 is 0 Å². The average Bonchev–Trinajstić information content (AvgIpc) is 2.17. The van der Waals surface area contributed by atoms with Crippen molar-refractivity contribution in [2.24, 2.45) is 7.05 Å². The number of aryl methyl sites for hydroxylation is 1. The first kappa shape index (κ1) is 12.8. The van der Waals surface area contributed by atoms with Gasteiger partial charge in [-0.15, -0.1) is 0 Å². The van der Waals surface area contributed by atoms with Crippen LogP contribution >= 0.6 is 0 Å². The first-order valence-corrected chi connectivity index (χ1v) is 4.04. The summed E-state index contributed by atoms with van der Waals surface area (Å²) in [4.78, 5) is 19.0. The number of pyridine rings is 1. The van der Waals surface area contributed by atoms with Crippen molar-refractivity contribution in [2.75, 3.05) is 0 Å². The van der Waals surface area contributed by atoms with Gasteiger partial charge in [0, 0.05) is 18.2 Å². The lowest BCUT2D eigenvalue weighted by Crippen LogP contribution is -2.25. The summed E-state index contributed by atoms with van der Waals surface area (Å²) in [5.74, 6) is -2.80. The van der Waals surface area contributed by atoms with E-state index in [0.717, 1.165) is 0 Å². The average molecular weight is 209 g/mol. The molecule has 80 valence electrons. The van der Waals surface area contributed by atoms with E-state index in [-0.39, 0.29) is 0 Å². The molecule has 0 unspecified atom stereocenters. The lowest BCUT2D eigenvalue weighted by atomic mass is 10.5. The van der Waals surface area contributed by atoms with E-state index in [9.17, 15) is 14.7 Å². The molecule has 0 saturated carbocycles. The number of carboxylic acid groups (broad SMARTS) is 2. The molecule has 0 radical (unpaired) electrons. The topological polar surface area (TPSA) is 81.3 Å². The number of carboxylic acids is 2. The van der Waals surface area contributed by atoms with E-state index in [1.54, 1.807) is 0 Å². The number of aliphatic carboxylic acids is 2. The predicted octanol–water partition coefficient (Wildman–Crippen LogP) is -1.11. The van der Waals surface area contributed by atoms with Gasteiger partial charge in [-0.2, -0.15) is 0 Å². The highest BCUT2D eigenvalue weighted by Crippen LogP contribution is 1.71. The second-order valence-electron chi connectivity index (χ2n) is 2.53. The maximum Gasteiger partial charge on any atom is 0.328 e. The van der Waals surface area contributed by atoms with Crippen molar-refractivity contribution in [1.29, 1.82) is 0 Å². The number of nitrogens with zero attached hydrogens (tertiary/aromatic N) is 1. The fourth-order valence-electron chi connectivity index (χ4n) is 0.624. The molecule has 5 nitrogen and oxygen atoms in total. The molecule has 0 amide bonds. The Hall–Kier alpha value is -2.17. The highest BCUT2D eigenvalue weighted by atomic mass is 16.4. The van der Waals surface area contributed by atoms with Crippen molar-refractivity contribution in [3.05, 3.63) is 42.7 Å². The Morgan fingerprint density at radius 3 is 1.93 bits per heavy atom. The third-order valence-electron chi connectivity index (χ3n) is 1.23. The van der Waals surface area contributed by atoms with E-state index in [1.165, 1.54) is 0 Å². The monoisotopic (exact) mass is 209 g/mol. The summed E-state index contributed by atoms with van der Waals surface area (Å²) in [6.45, 7) is 0. The van der Waals surface area contributed by atoms with Gasteiger partial charge in [-0.1, -0.05) is 6.07 Å². The van der Waals surface area contributed by atoms with Gasteiger partial charge < -0.3 is 15.0 Å². The van der Waals surface area contributed by atoms with Gasteiger partial charge in [-0.05, 0) is 6.08 Å². The van der Waals surface area contributed by atoms with Gasteiger partial charge in [0.15, 0.2) is 12.4 Å². The molecular formula is C10H11NO4. The molecule has 0 aliphatic carbocycles. The molecule has 0 aliphatic heterocycles. The molecular weight excluding hydrogens is 198 g/mol. The predicted molar refractivity (Wildman–Crippen MR) is 49.4 cm³/mol. The quantitative estimate of drug-likeness (QED) is 0.494. The molecule has 1 N–H and O–H groups in total. The van der Waals surface area contributed by atoms with Crippen molar-refractivity contribution < 1.29 is 24.4 Å². The summed E-state index contributed by atoms with van der Waals surface area (Å²) in [6, 6.07) is 6.00. The molecule has 0 aliphatic rings. The first-order chi connectivity index (χ1) is 7.02. The first-order valence-electron chi connectivity index (χ1n) is 4.04. The van der Waals surface area contributed by atoms with Crippen LogP contribution in [-0.2, 0) is 16.6 Å². The Labute approximate surface area is 86.9 Å². The summed E-state index contributed by atoms with van der Waals surface area (Å²) in [6.07, 6.45) is 4.94. The number of carbonyl (C=O) groups excluding carboxylic acids is 1. The maximum absolute atomic E-state index is 9.53. The number of carbonyl (C=O) groups is 2. The second-order valence-corrected chi connectivity index (χ2v) is 2.53. The van der Waals surface area contributed by atoms with Crippen molar-refractivity contribution >= 4 is 11.9 Å². The molecule has 0 atom stereocenters. The standard InChI is InChI=1S/C6H8N.C4H4O4/c1-7-5-3-2-4-6-7;5-3(6)1-2-4(7)8/h2-6H,1H3;1-2H,(H,5,6)(H,7,8)/q+1;/p-1. The van der Waals surface area contributed by atoms with Crippen LogP contribution in [0.15, 0.2) is 42.7 Å². The zero-order valence-corrected chi connectivity index (χ0v) is 8.16. The SMILES string of the molecule is C[n+]1ccccc1.O=C([O-])C=CC(=O)O. The maximum atomic E-state index is 9.53. The molecule has 5 heteroatoms. The molecule has 1 heterocycles. The smallest absolute Gasteiger partial charge is 0.328 e. The Morgan fingerprint density at radius 1 is 1.20 bits per heavy atom. The van der Waals surface area contributed by atoms with E-state index in [0.29, 0.717) is 12.2 Å². The molecule has 0 spiro atoms. The van der Waals surface area contributed by atoms with Crippen LogP contribution in [0.25, 0.3) is 0 Å². The summed E-state index contributed by atoms with van der Waals surface area (Å²) in [5, 5.41) is 17.2.